The van der Waals surface area contributed by atoms with E-state index >= 15 is 0 Å². The number of nitrogens with zero attached hydrogens (tertiary/aromatic N) is 2. The first kappa shape index (κ1) is 16.0. The maximum absolute atomic E-state index is 10.6. The molecule has 1 atom stereocenters. The molecule has 2 aliphatic heterocycles. The predicted molar refractivity (Wildman–Crippen MR) is 70.0 cm³/mol. The van der Waals surface area contributed by atoms with E-state index in [1.54, 1.807) is 11.4 Å². The molecule has 0 saturated carbocycles. The number of hydrogen-bond donors (Lipinski definition) is 0. The molecule has 0 radical (unpaired) electrons. The van der Waals surface area contributed by atoms with Crippen LogP contribution in [0.5, 0.6) is 0 Å². The maximum Gasteiger partial charge on any atom is 0.320 e. The average Bonchev–Trinajstić information content (AvgIpc) is 2.58. The van der Waals surface area contributed by atoms with Crippen LogP contribution in [0.25, 0.3) is 0 Å². The summed E-state index contributed by atoms with van der Waals surface area (Å²) in [6.07, 6.45) is 0.475. The zero-order valence-electron chi connectivity index (χ0n) is 9.51. The van der Waals surface area contributed by atoms with Gasteiger partial charge in [-0.1, -0.05) is 0 Å². The van der Waals surface area contributed by atoms with Gasteiger partial charge in [-0.25, -0.2) is 0 Å². The van der Waals surface area contributed by atoms with Crippen LogP contribution < -0.4 is 0 Å². The van der Waals surface area contributed by atoms with E-state index in [-0.39, 0.29) is 30.6 Å². The summed E-state index contributed by atoms with van der Waals surface area (Å²) in [7, 11) is 1.73. The molecular weight excluding hydrogens is 352 g/mol. The number of amides is 1. The molecule has 2 fully saturated rings. The second-order valence-electron chi connectivity index (χ2n) is 3.60. The fourth-order valence-corrected chi connectivity index (χ4v) is 2.70. The number of carbonyl (C=O) groups excluding carboxylic acids is 1. The lowest BCUT2D eigenvalue weighted by molar-refractivity contribution is -0.552. The lowest BCUT2D eigenvalue weighted by atomic mass is 10.3. The summed E-state index contributed by atoms with van der Waals surface area (Å²) in [5.74, 6) is 0.120. The van der Waals surface area contributed by atoms with Crippen molar-refractivity contribution in [2.75, 3.05) is 27.1 Å². The number of ether oxygens (including phenoxy) is 2. The number of nitro groups is 1. The van der Waals surface area contributed by atoms with Crippen molar-refractivity contribution >= 4 is 45.4 Å². The van der Waals surface area contributed by atoms with E-state index in [2.05, 4.69) is 15.9 Å². The molecule has 104 valence electrons. The van der Waals surface area contributed by atoms with E-state index in [4.69, 9.17) is 21.1 Å². The molecular formula is C8H12BrClN2O5S. The van der Waals surface area contributed by atoms with E-state index in [0.29, 0.717) is 6.42 Å². The number of hydrogen-bond acceptors (Lipinski definition) is 6. The van der Waals surface area contributed by atoms with Crippen LogP contribution in [0.2, 0.25) is 0 Å². The summed E-state index contributed by atoms with van der Waals surface area (Å²) in [4.78, 5) is 20.4. The third kappa shape index (κ3) is 4.54. The first-order chi connectivity index (χ1) is 8.35. The Bertz CT molecular complexity index is 329. The molecule has 0 bridgehead atoms. The van der Waals surface area contributed by atoms with Crippen LogP contribution in [0.4, 0.5) is 0 Å². The largest absolute Gasteiger partial charge is 0.347 e. The molecule has 0 aromatic rings. The third-order valence-electron chi connectivity index (χ3n) is 2.10. The lowest BCUT2D eigenvalue weighted by Gasteiger charge is -2.23. The molecule has 1 amide bonds. The van der Waals surface area contributed by atoms with E-state index < -0.39 is 9.37 Å². The quantitative estimate of drug-likeness (QED) is 0.230. The zero-order valence-corrected chi connectivity index (χ0v) is 12.7. The molecule has 0 aromatic heterocycles. The van der Waals surface area contributed by atoms with Gasteiger partial charge in [0.2, 0.25) is 5.91 Å². The van der Waals surface area contributed by atoms with Gasteiger partial charge in [0.05, 0.1) is 6.42 Å². The van der Waals surface area contributed by atoms with Crippen LogP contribution in [-0.2, 0) is 14.3 Å². The van der Waals surface area contributed by atoms with Gasteiger partial charge in [-0.15, -0.1) is 11.6 Å². The highest BCUT2D eigenvalue weighted by Gasteiger charge is 2.43. The molecule has 0 spiro atoms. The van der Waals surface area contributed by atoms with Gasteiger partial charge in [0, 0.05) is 27.9 Å². The highest BCUT2D eigenvalue weighted by molar-refractivity contribution is 9.10. The summed E-state index contributed by atoms with van der Waals surface area (Å²) in [5.41, 5.74) is 0. The Morgan fingerprint density at radius 2 is 2.17 bits per heavy atom. The minimum absolute atomic E-state index is 0.0347. The fourth-order valence-electron chi connectivity index (χ4n) is 1.14. The first-order valence-electron chi connectivity index (χ1n) is 4.91. The van der Waals surface area contributed by atoms with E-state index in [1.807, 2.05) is 0 Å². The summed E-state index contributed by atoms with van der Waals surface area (Å²) >= 11 is 9.89. The smallest absolute Gasteiger partial charge is 0.320 e. The molecule has 2 saturated heterocycles. The van der Waals surface area contributed by atoms with Gasteiger partial charge in [-0.2, -0.15) is 0 Å². The van der Waals surface area contributed by atoms with Crippen molar-refractivity contribution in [3.05, 3.63) is 10.1 Å². The SMILES string of the molecule is CN1SC(Cl)CC1=O.O=[N+]([O-])C1(Br)COCOC1. The van der Waals surface area contributed by atoms with E-state index in [9.17, 15) is 14.9 Å². The van der Waals surface area contributed by atoms with Crippen LogP contribution in [0.1, 0.15) is 6.42 Å². The normalized spacial score (nSPS) is 26.5. The third-order valence-corrected chi connectivity index (χ3v) is 4.16. The number of halogens is 2. The van der Waals surface area contributed by atoms with Gasteiger partial charge >= 0.3 is 4.45 Å². The summed E-state index contributed by atoms with van der Waals surface area (Å²) in [5, 5.41) is 10.3. The van der Waals surface area contributed by atoms with Crippen LogP contribution in [-0.4, -0.2) is 51.3 Å². The zero-order chi connectivity index (χ0) is 13.8. The van der Waals surface area contributed by atoms with Crippen molar-refractivity contribution < 1.29 is 19.2 Å². The second kappa shape index (κ2) is 6.90. The van der Waals surface area contributed by atoms with Crippen LogP contribution in [0.15, 0.2) is 0 Å². The molecule has 0 aliphatic carbocycles. The Hall–Kier alpha value is -0.0900. The van der Waals surface area contributed by atoms with Gasteiger partial charge in [0.15, 0.2) is 0 Å². The highest BCUT2D eigenvalue weighted by Crippen LogP contribution is 2.29. The molecule has 2 heterocycles. The molecule has 0 N–H and O–H groups in total. The van der Waals surface area contributed by atoms with Gasteiger partial charge in [0.25, 0.3) is 0 Å². The molecule has 2 rings (SSSR count). The molecule has 1 unspecified atom stereocenters. The Kier molecular flexibility index (Phi) is 6.12. The minimum atomic E-state index is -1.23. The Morgan fingerprint density at radius 3 is 2.39 bits per heavy atom. The summed E-state index contributed by atoms with van der Waals surface area (Å²) < 4.78 is 9.77. The van der Waals surface area contributed by atoms with E-state index in [1.165, 1.54) is 11.9 Å². The van der Waals surface area contributed by atoms with Crippen molar-refractivity contribution in [3.8, 4) is 0 Å². The van der Waals surface area contributed by atoms with Crippen LogP contribution >= 0.6 is 39.5 Å². The second-order valence-corrected chi connectivity index (χ2v) is 7.19. The highest BCUT2D eigenvalue weighted by atomic mass is 79.9. The molecule has 10 heteroatoms. The summed E-state index contributed by atoms with van der Waals surface area (Å²) in [6.45, 7) is 0.251. The summed E-state index contributed by atoms with van der Waals surface area (Å²) in [6, 6.07) is 0. The van der Waals surface area contributed by atoms with Gasteiger partial charge in [-0.3, -0.25) is 19.2 Å². The number of carbonyl (C=O) groups is 1. The van der Waals surface area contributed by atoms with Gasteiger partial charge in [-0.05, 0) is 11.9 Å². The molecule has 2 aliphatic rings. The number of rotatable bonds is 1. The predicted octanol–water partition coefficient (Wildman–Crippen LogP) is 1.42. The molecule has 7 nitrogen and oxygen atoms in total. The number of alkyl halides is 2. The maximum atomic E-state index is 10.6. The topological polar surface area (TPSA) is 81.9 Å². The monoisotopic (exact) mass is 362 g/mol. The van der Waals surface area contributed by atoms with Crippen LogP contribution in [0, 0.1) is 10.1 Å². The van der Waals surface area contributed by atoms with Crippen molar-refractivity contribution in [1.82, 2.24) is 4.31 Å². The lowest BCUT2D eigenvalue weighted by Crippen LogP contribution is -2.45. The van der Waals surface area contributed by atoms with Gasteiger partial charge in [0.1, 0.15) is 24.7 Å². The standard InChI is InChI=1S/C4H6BrNO4.C4H6ClNOS/c5-4(6(7)8)1-9-3-10-2-4;1-6-4(7)2-3(5)8-6/h1-3H2;3H,2H2,1H3. The van der Waals surface area contributed by atoms with Crippen molar-refractivity contribution in [2.24, 2.45) is 0 Å². The molecule has 0 aromatic carbocycles. The van der Waals surface area contributed by atoms with Crippen molar-refractivity contribution in [2.45, 2.75) is 15.6 Å². The molecule has 18 heavy (non-hydrogen) atoms. The van der Waals surface area contributed by atoms with Crippen LogP contribution in [0.3, 0.4) is 0 Å². The Balaban J connectivity index is 0.000000184. The fraction of sp³-hybridized carbons (Fsp3) is 0.875. The minimum Gasteiger partial charge on any atom is -0.347 e. The van der Waals surface area contributed by atoms with Crippen molar-refractivity contribution in [3.63, 3.8) is 0 Å². The average molecular weight is 364 g/mol. The first-order valence-corrected chi connectivity index (χ1v) is 6.98. The Morgan fingerprint density at radius 1 is 1.61 bits per heavy atom. The Labute approximate surface area is 122 Å². The van der Waals surface area contributed by atoms with Gasteiger partial charge < -0.3 is 9.47 Å². The van der Waals surface area contributed by atoms with Crippen molar-refractivity contribution in [1.29, 1.82) is 0 Å². The van der Waals surface area contributed by atoms with E-state index in [0.717, 1.165) is 0 Å².